The monoisotopic (exact) mass is 191 g/mol. The number of nitrogens with zero attached hydrogens (tertiary/aromatic N) is 1. The number of ether oxygens (including phenoxy) is 1. The molecule has 2 atom stereocenters. The van der Waals surface area contributed by atoms with Crippen LogP contribution in [0.4, 0.5) is 4.79 Å². The molecule has 1 amide bonds. The molecular weight excluding hydrogens is 178 g/mol. The molecule has 0 aliphatic carbocycles. The molecule has 0 saturated carbocycles. The Kier molecular flexibility index (Phi) is 3.35. The van der Waals surface area contributed by atoms with Crippen molar-refractivity contribution < 1.29 is 9.53 Å². The number of morpholine rings is 1. The molecule has 4 heteroatoms. The van der Waals surface area contributed by atoms with Crippen LogP contribution in [-0.2, 0) is 4.74 Å². The van der Waals surface area contributed by atoms with Crippen LogP contribution in [0.2, 0.25) is 0 Å². The summed E-state index contributed by atoms with van der Waals surface area (Å²) in [5, 5.41) is -0.364. The van der Waals surface area contributed by atoms with Gasteiger partial charge in [-0.05, 0) is 24.9 Å². The molecule has 1 aliphatic heterocycles. The molecule has 70 valence electrons. The van der Waals surface area contributed by atoms with Gasteiger partial charge >= 0.3 is 5.37 Å². The zero-order valence-corrected chi connectivity index (χ0v) is 8.17. The molecule has 12 heavy (non-hydrogen) atoms. The highest BCUT2D eigenvalue weighted by atomic mass is 35.5. The Morgan fingerprint density at radius 3 is 2.92 bits per heavy atom. The second-order valence-corrected chi connectivity index (χ2v) is 3.43. The molecule has 3 nitrogen and oxygen atoms in total. The maximum Gasteiger partial charge on any atom is 0.316 e. The number of carbonyl (C=O) groups excluding carboxylic acids is 1. The molecule has 1 rings (SSSR count). The van der Waals surface area contributed by atoms with Crippen LogP contribution in [0.15, 0.2) is 0 Å². The van der Waals surface area contributed by atoms with E-state index in [1.807, 2.05) is 13.8 Å². The highest BCUT2D eigenvalue weighted by Crippen LogP contribution is 2.15. The van der Waals surface area contributed by atoms with Gasteiger partial charge in [-0.15, -0.1) is 0 Å². The molecular formula is C8H14ClNO2. The average Bonchev–Trinajstić information content (AvgIpc) is 2.04. The van der Waals surface area contributed by atoms with Crippen molar-refractivity contribution >= 4 is 17.0 Å². The Hall–Kier alpha value is -0.280. The second-order valence-electron chi connectivity index (χ2n) is 3.11. The predicted molar refractivity (Wildman–Crippen MR) is 47.4 cm³/mol. The van der Waals surface area contributed by atoms with E-state index in [-0.39, 0.29) is 17.5 Å². The molecule has 0 N–H and O–H groups in total. The van der Waals surface area contributed by atoms with Crippen molar-refractivity contribution in [2.24, 2.45) is 0 Å². The lowest BCUT2D eigenvalue weighted by Crippen LogP contribution is -2.49. The fourth-order valence-electron chi connectivity index (χ4n) is 1.40. The minimum absolute atomic E-state index is 0.107. The first-order chi connectivity index (χ1) is 5.65. The zero-order valence-electron chi connectivity index (χ0n) is 7.42. The van der Waals surface area contributed by atoms with Crippen molar-refractivity contribution in [2.45, 2.75) is 32.4 Å². The molecule has 1 fully saturated rings. The summed E-state index contributed by atoms with van der Waals surface area (Å²) in [5.74, 6) is 0. The quantitative estimate of drug-likeness (QED) is 0.468. The van der Waals surface area contributed by atoms with Gasteiger partial charge in [-0.1, -0.05) is 6.92 Å². The summed E-state index contributed by atoms with van der Waals surface area (Å²) < 4.78 is 5.41. The summed E-state index contributed by atoms with van der Waals surface area (Å²) in [6.07, 6.45) is 1.00. The summed E-state index contributed by atoms with van der Waals surface area (Å²) >= 11 is 5.43. The number of hydrogen-bond acceptors (Lipinski definition) is 2. The minimum Gasteiger partial charge on any atom is -0.375 e. The summed E-state index contributed by atoms with van der Waals surface area (Å²) in [6, 6.07) is 0.159. The topological polar surface area (TPSA) is 29.5 Å². The first-order valence-corrected chi connectivity index (χ1v) is 4.60. The molecule has 1 saturated heterocycles. The van der Waals surface area contributed by atoms with Crippen LogP contribution in [0.3, 0.4) is 0 Å². The van der Waals surface area contributed by atoms with Crippen LogP contribution in [0.25, 0.3) is 0 Å². The van der Waals surface area contributed by atoms with E-state index in [9.17, 15) is 4.79 Å². The lowest BCUT2D eigenvalue weighted by Gasteiger charge is -2.36. The molecule has 0 aromatic rings. The number of hydrogen-bond donors (Lipinski definition) is 0. The maximum atomic E-state index is 10.9. The highest BCUT2D eigenvalue weighted by molar-refractivity contribution is 6.62. The minimum atomic E-state index is -0.364. The Labute approximate surface area is 77.6 Å². The molecule has 0 aromatic carbocycles. The van der Waals surface area contributed by atoms with E-state index < -0.39 is 0 Å². The second kappa shape index (κ2) is 4.10. The van der Waals surface area contributed by atoms with E-state index in [4.69, 9.17) is 16.3 Å². The molecule has 0 spiro atoms. The summed E-state index contributed by atoms with van der Waals surface area (Å²) in [5.41, 5.74) is 0. The van der Waals surface area contributed by atoms with Gasteiger partial charge in [-0.2, -0.15) is 0 Å². The van der Waals surface area contributed by atoms with Gasteiger partial charge in [0.25, 0.3) is 0 Å². The van der Waals surface area contributed by atoms with Crippen molar-refractivity contribution in [1.82, 2.24) is 4.90 Å². The molecule has 0 radical (unpaired) electrons. The summed E-state index contributed by atoms with van der Waals surface area (Å²) in [4.78, 5) is 12.6. The third-order valence-electron chi connectivity index (χ3n) is 2.16. The Morgan fingerprint density at radius 2 is 2.42 bits per heavy atom. The van der Waals surface area contributed by atoms with Crippen molar-refractivity contribution in [1.29, 1.82) is 0 Å². The lowest BCUT2D eigenvalue weighted by molar-refractivity contribution is -0.0339. The van der Waals surface area contributed by atoms with Crippen LogP contribution in [0.1, 0.15) is 20.3 Å². The van der Waals surface area contributed by atoms with Crippen LogP contribution >= 0.6 is 11.6 Å². The van der Waals surface area contributed by atoms with Gasteiger partial charge in [-0.3, -0.25) is 4.79 Å². The average molecular weight is 192 g/mol. The Balaban J connectivity index is 2.58. The van der Waals surface area contributed by atoms with E-state index >= 15 is 0 Å². The van der Waals surface area contributed by atoms with E-state index in [0.717, 1.165) is 6.42 Å². The molecule has 0 aromatic heterocycles. The van der Waals surface area contributed by atoms with E-state index in [2.05, 4.69) is 0 Å². The molecule has 0 bridgehead atoms. The number of amides is 1. The number of carbonyl (C=O) groups is 1. The maximum absolute atomic E-state index is 10.9. The van der Waals surface area contributed by atoms with Crippen LogP contribution in [0.5, 0.6) is 0 Å². The Bertz CT molecular complexity index is 174. The van der Waals surface area contributed by atoms with Gasteiger partial charge in [0.15, 0.2) is 0 Å². The first kappa shape index (κ1) is 9.81. The summed E-state index contributed by atoms with van der Waals surface area (Å²) in [6.45, 7) is 5.19. The fourth-order valence-corrected chi connectivity index (χ4v) is 1.60. The highest BCUT2D eigenvalue weighted by Gasteiger charge is 2.27. The molecule has 2 unspecified atom stereocenters. The van der Waals surface area contributed by atoms with Gasteiger partial charge < -0.3 is 9.64 Å². The van der Waals surface area contributed by atoms with Crippen LogP contribution < -0.4 is 0 Å². The van der Waals surface area contributed by atoms with Crippen LogP contribution in [0, 0.1) is 0 Å². The Morgan fingerprint density at radius 1 is 1.75 bits per heavy atom. The van der Waals surface area contributed by atoms with E-state index in [1.165, 1.54) is 0 Å². The standard InChI is InChI=1S/C8H14ClNO2/c1-3-7-5-12-6(2)4-10(7)8(9)11/h6-7H,3-5H2,1-2H3. The van der Waals surface area contributed by atoms with Crippen LogP contribution in [-0.4, -0.2) is 35.6 Å². The number of rotatable bonds is 1. The molecule has 1 aliphatic rings. The van der Waals surface area contributed by atoms with Gasteiger partial charge in [0.1, 0.15) is 0 Å². The smallest absolute Gasteiger partial charge is 0.316 e. The zero-order chi connectivity index (χ0) is 9.14. The normalized spacial score (nSPS) is 30.4. The SMILES string of the molecule is CCC1COC(C)CN1C(=O)Cl. The third-order valence-corrected chi connectivity index (χ3v) is 2.38. The van der Waals surface area contributed by atoms with Gasteiger partial charge in [0, 0.05) is 6.54 Å². The summed E-state index contributed by atoms with van der Waals surface area (Å²) in [7, 11) is 0. The van der Waals surface area contributed by atoms with Crippen molar-refractivity contribution in [3.05, 3.63) is 0 Å². The van der Waals surface area contributed by atoms with E-state index in [1.54, 1.807) is 4.90 Å². The van der Waals surface area contributed by atoms with Crippen molar-refractivity contribution in [2.75, 3.05) is 13.2 Å². The molecule has 1 heterocycles. The largest absolute Gasteiger partial charge is 0.375 e. The first-order valence-electron chi connectivity index (χ1n) is 4.22. The van der Waals surface area contributed by atoms with Gasteiger partial charge in [-0.25, -0.2) is 0 Å². The predicted octanol–water partition coefficient (Wildman–Crippen LogP) is 1.84. The fraction of sp³-hybridized carbons (Fsp3) is 0.875. The van der Waals surface area contributed by atoms with Gasteiger partial charge in [0.2, 0.25) is 0 Å². The number of halogens is 1. The van der Waals surface area contributed by atoms with Crippen molar-refractivity contribution in [3.8, 4) is 0 Å². The van der Waals surface area contributed by atoms with Crippen molar-refractivity contribution in [3.63, 3.8) is 0 Å². The van der Waals surface area contributed by atoms with E-state index in [0.29, 0.717) is 13.2 Å². The third kappa shape index (κ3) is 2.11. The lowest BCUT2D eigenvalue weighted by atomic mass is 10.1. The van der Waals surface area contributed by atoms with Gasteiger partial charge in [0.05, 0.1) is 18.8 Å².